The van der Waals surface area contributed by atoms with E-state index in [0.29, 0.717) is 11.8 Å². The molecule has 0 aliphatic heterocycles. The van der Waals surface area contributed by atoms with Gasteiger partial charge in [0.1, 0.15) is 11.4 Å². The molecule has 146 valence electrons. The van der Waals surface area contributed by atoms with E-state index in [9.17, 15) is 23.3 Å². The van der Waals surface area contributed by atoms with Gasteiger partial charge in [-0.15, -0.1) is 0 Å². The number of ether oxygens (including phenoxy) is 1. The normalized spacial score (nSPS) is 12.7. The number of alkyl halides is 3. The van der Waals surface area contributed by atoms with E-state index in [-0.39, 0.29) is 18.3 Å². The highest BCUT2D eigenvalue weighted by molar-refractivity contribution is 5.63. The average Bonchev–Trinajstić information content (AvgIpc) is 2.61. The van der Waals surface area contributed by atoms with Gasteiger partial charge in [0.2, 0.25) is 0 Å². The second-order valence-corrected chi connectivity index (χ2v) is 6.09. The van der Waals surface area contributed by atoms with Gasteiger partial charge in [0.15, 0.2) is 0 Å². The van der Waals surface area contributed by atoms with Crippen molar-refractivity contribution in [2.45, 2.75) is 12.2 Å². The number of methoxy groups -OCH3 is 1. The number of hydrogen-bond donors (Lipinski definition) is 1. The molecule has 1 N–H and O–H groups in total. The van der Waals surface area contributed by atoms with Crippen molar-refractivity contribution in [2.75, 3.05) is 33.1 Å². The van der Waals surface area contributed by atoms with Gasteiger partial charge in [-0.3, -0.25) is 10.1 Å². The predicted octanol–water partition coefficient (Wildman–Crippen LogP) is 4.34. The van der Waals surface area contributed by atoms with Gasteiger partial charge in [-0.2, -0.15) is 13.2 Å². The van der Waals surface area contributed by atoms with Gasteiger partial charge < -0.3 is 15.0 Å². The number of nitro benzene ring substituents is 1. The molecule has 0 saturated carbocycles. The van der Waals surface area contributed by atoms with Gasteiger partial charge >= 0.3 is 6.18 Å². The lowest BCUT2D eigenvalue weighted by atomic mass is 10.0. The van der Waals surface area contributed by atoms with Crippen molar-refractivity contribution in [2.24, 2.45) is 0 Å². The van der Waals surface area contributed by atoms with Crippen molar-refractivity contribution < 1.29 is 22.8 Å². The lowest BCUT2D eigenvalue weighted by Crippen LogP contribution is -2.27. The maximum absolute atomic E-state index is 12.8. The van der Waals surface area contributed by atoms with Crippen LogP contribution in [0.5, 0.6) is 5.75 Å². The Bertz CT molecular complexity index is 810. The number of halogens is 3. The van der Waals surface area contributed by atoms with Crippen LogP contribution in [-0.4, -0.2) is 37.6 Å². The fourth-order valence-electron chi connectivity index (χ4n) is 2.73. The Morgan fingerprint density at radius 1 is 1.22 bits per heavy atom. The van der Waals surface area contributed by atoms with E-state index in [0.717, 1.165) is 17.7 Å². The first-order valence-electron chi connectivity index (χ1n) is 8.04. The highest BCUT2D eigenvalue weighted by atomic mass is 19.4. The van der Waals surface area contributed by atoms with Crippen LogP contribution in [0.15, 0.2) is 42.5 Å². The van der Waals surface area contributed by atoms with Crippen LogP contribution in [0.3, 0.4) is 0 Å². The molecule has 0 fully saturated rings. The molecule has 0 radical (unpaired) electrons. The zero-order valence-corrected chi connectivity index (χ0v) is 15.1. The minimum Gasteiger partial charge on any atom is -0.496 e. The second kappa shape index (κ2) is 8.26. The van der Waals surface area contributed by atoms with Crippen LogP contribution in [0.25, 0.3) is 0 Å². The van der Waals surface area contributed by atoms with Crippen LogP contribution < -0.4 is 10.1 Å². The number of nitrogens with one attached hydrogen (secondary N) is 1. The SMILES string of the molecule is COc1ccccc1C(CNc1ccc(C(F)(F)F)cc1[N+](=O)[O-])N(C)C. The van der Waals surface area contributed by atoms with Gasteiger partial charge in [0.25, 0.3) is 5.69 Å². The molecule has 0 spiro atoms. The largest absolute Gasteiger partial charge is 0.496 e. The van der Waals surface area contributed by atoms with Gasteiger partial charge in [0.05, 0.1) is 23.6 Å². The smallest absolute Gasteiger partial charge is 0.416 e. The Morgan fingerprint density at radius 2 is 1.89 bits per heavy atom. The average molecular weight is 383 g/mol. The van der Waals surface area contributed by atoms with Crippen molar-refractivity contribution in [3.8, 4) is 5.75 Å². The molecule has 1 unspecified atom stereocenters. The molecule has 0 aromatic heterocycles. The number of nitrogens with zero attached hydrogens (tertiary/aromatic N) is 2. The first kappa shape index (κ1) is 20.5. The number of anilines is 1. The number of para-hydroxylation sites is 1. The lowest BCUT2D eigenvalue weighted by molar-refractivity contribution is -0.384. The maximum Gasteiger partial charge on any atom is 0.416 e. The Kier molecular flexibility index (Phi) is 6.27. The minimum absolute atomic E-state index is 0.0229. The predicted molar refractivity (Wildman–Crippen MR) is 96.0 cm³/mol. The molecule has 0 aliphatic carbocycles. The summed E-state index contributed by atoms with van der Waals surface area (Å²) in [6.07, 6.45) is -4.65. The number of rotatable bonds is 7. The molecule has 2 rings (SSSR count). The van der Waals surface area contributed by atoms with Crippen LogP contribution in [-0.2, 0) is 6.18 Å². The minimum atomic E-state index is -4.65. The molecule has 0 aliphatic rings. The van der Waals surface area contributed by atoms with E-state index in [1.165, 1.54) is 0 Å². The summed E-state index contributed by atoms with van der Waals surface area (Å²) in [6.45, 7) is 0.236. The van der Waals surface area contributed by atoms with Gasteiger partial charge in [-0.1, -0.05) is 18.2 Å². The first-order valence-corrected chi connectivity index (χ1v) is 8.04. The summed E-state index contributed by atoms with van der Waals surface area (Å²) >= 11 is 0. The van der Waals surface area contributed by atoms with Gasteiger partial charge in [-0.25, -0.2) is 0 Å². The lowest BCUT2D eigenvalue weighted by Gasteiger charge is -2.27. The molecule has 9 heteroatoms. The van der Waals surface area contributed by atoms with Gasteiger partial charge in [-0.05, 0) is 32.3 Å². The highest BCUT2D eigenvalue weighted by Crippen LogP contribution is 2.35. The van der Waals surface area contributed by atoms with E-state index in [1.54, 1.807) is 13.2 Å². The molecule has 0 bridgehead atoms. The Morgan fingerprint density at radius 3 is 2.44 bits per heavy atom. The third-order valence-electron chi connectivity index (χ3n) is 4.13. The molecule has 2 aromatic carbocycles. The summed E-state index contributed by atoms with van der Waals surface area (Å²) in [5.41, 5.74) is -0.808. The van der Waals surface area contributed by atoms with Crippen LogP contribution >= 0.6 is 0 Å². The molecule has 2 aromatic rings. The van der Waals surface area contributed by atoms with E-state index in [1.807, 2.05) is 37.2 Å². The molecule has 1 atom stereocenters. The number of likely N-dealkylation sites (N-methyl/N-ethyl adjacent to an activating group) is 1. The third kappa shape index (κ3) is 4.88. The number of benzene rings is 2. The van der Waals surface area contributed by atoms with E-state index >= 15 is 0 Å². The second-order valence-electron chi connectivity index (χ2n) is 6.09. The summed E-state index contributed by atoms with van der Waals surface area (Å²) in [5.74, 6) is 0.653. The summed E-state index contributed by atoms with van der Waals surface area (Å²) in [7, 11) is 5.21. The van der Waals surface area contributed by atoms with Crippen LogP contribution in [0.1, 0.15) is 17.2 Å². The number of hydrogen-bond acceptors (Lipinski definition) is 5. The topological polar surface area (TPSA) is 67.6 Å². The Balaban J connectivity index is 2.31. The molecular formula is C18H20F3N3O3. The summed E-state index contributed by atoms with van der Waals surface area (Å²) in [5, 5.41) is 14.1. The molecule has 0 heterocycles. The van der Waals surface area contributed by atoms with E-state index in [4.69, 9.17) is 4.74 Å². The molecule has 0 saturated heterocycles. The maximum atomic E-state index is 12.8. The molecule has 6 nitrogen and oxygen atoms in total. The summed E-state index contributed by atoms with van der Waals surface area (Å²) < 4.78 is 43.8. The zero-order valence-electron chi connectivity index (χ0n) is 15.1. The third-order valence-corrected chi connectivity index (χ3v) is 4.13. The van der Waals surface area contributed by atoms with Crippen LogP contribution in [0.2, 0.25) is 0 Å². The first-order chi connectivity index (χ1) is 12.6. The quantitative estimate of drug-likeness (QED) is 0.569. The standard InChI is InChI=1S/C18H20F3N3O3/c1-23(2)16(13-6-4-5-7-17(13)27-3)11-22-14-9-8-12(18(19,20)21)10-15(14)24(25)26/h4-10,16,22H,11H2,1-3H3. The number of nitro groups is 1. The van der Waals surface area contributed by atoms with Crippen molar-refractivity contribution in [1.29, 1.82) is 0 Å². The van der Waals surface area contributed by atoms with Crippen LogP contribution in [0.4, 0.5) is 24.5 Å². The van der Waals surface area contributed by atoms with Gasteiger partial charge in [0, 0.05) is 18.2 Å². The molecular weight excluding hydrogens is 363 g/mol. The van der Waals surface area contributed by atoms with Crippen molar-refractivity contribution in [1.82, 2.24) is 4.90 Å². The molecule has 0 amide bonds. The van der Waals surface area contributed by atoms with Crippen molar-refractivity contribution in [3.63, 3.8) is 0 Å². The van der Waals surface area contributed by atoms with Crippen molar-refractivity contribution in [3.05, 3.63) is 63.7 Å². The Labute approximate surface area is 154 Å². The fraction of sp³-hybridized carbons (Fsp3) is 0.333. The Hall–Kier alpha value is -2.81. The molecule has 27 heavy (non-hydrogen) atoms. The van der Waals surface area contributed by atoms with Crippen molar-refractivity contribution >= 4 is 11.4 Å². The van der Waals surface area contributed by atoms with E-state index < -0.39 is 22.4 Å². The zero-order chi connectivity index (χ0) is 20.2. The fourth-order valence-corrected chi connectivity index (χ4v) is 2.73. The summed E-state index contributed by atoms with van der Waals surface area (Å²) in [6, 6.07) is 9.55. The highest BCUT2D eigenvalue weighted by Gasteiger charge is 2.33. The van der Waals surface area contributed by atoms with Crippen LogP contribution in [0, 0.1) is 10.1 Å². The summed E-state index contributed by atoms with van der Waals surface area (Å²) in [4.78, 5) is 12.3. The van der Waals surface area contributed by atoms with E-state index in [2.05, 4.69) is 5.32 Å². The monoisotopic (exact) mass is 383 g/mol.